The average Bonchev–Trinajstić information content (AvgIpc) is 2.18. The molecule has 0 radical (unpaired) electrons. The Kier molecular flexibility index (Phi) is 3.72. The second-order valence-electron chi connectivity index (χ2n) is 3.96. The van der Waals surface area contributed by atoms with E-state index in [4.69, 9.17) is 4.74 Å². The summed E-state index contributed by atoms with van der Waals surface area (Å²) < 4.78 is 5.15. The van der Waals surface area contributed by atoms with Crippen molar-refractivity contribution >= 4 is 11.7 Å². The maximum absolute atomic E-state index is 11.3. The molecule has 0 bridgehead atoms. The summed E-state index contributed by atoms with van der Waals surface area (Å²) in [5, 5.41) is 0. The largest absolute Gasteiger partial charge is 0.426 e. The molecule has 1 aromatic rings. The van der Waals surface area contributed by atoms with Crippen LogP contribution in [-0.2, 0) is 4.79 Å². The van der Waals surface area contributed by atoms with Gasteiger partial charge >= 0.3 is 5.97 Å². The van der Waals surface area contributed by atoms with Gasteiger partial charge < -0.3 is 9.64 Å². The Morgan fingerprint density at radius 3 is 2.13 bits per heavy atom. The van der Waals surface area contributed by atoms with Crippen LogP contribution >= 0.6 is 0 Å². The van der Waals surface area contributed by atoms with E-state index in [1.54, 1.807) is 12.1 Å². The Labute approximate surface area is 90.7 Å². The Balaban J connectivity index is 2.69. The zero-order chi connectivity index (χ0) is 11.4. The summed E-state index contributed by atoms with van der Waals surface area (Å²) in [6.07, 6.45) is 0. The first-order valence-corrected chi connectivity index (χ1v) is 5.00. The molecule has 1 rings (SSSR count). The van der Waals surface area contributed by atoms with Gasteiger partial charge in [0.05, 0.1) is 5.92 Å². The van der Waals surface area contributed by atoms with Gasteiger partial charge in [0, 0.05) is 19.8 Å². The van der Waals surface area contributed by atoms with E-state index < -0.39 is 0 Å². The summed E-state index contributed by atoms with van der Waals surface area (Å²) in [6.45, 7) is 3.63. The van der Waals surface area contributed by atoms with Gasteiger partial charge in [0.25, 0.3) is 0 Å². The number of carbonyl (C=O) groups excluding carboxylic acids is 1. The molecular weight excluding hydrogens is 190 g/mol. The first-order valence-electron chi connectivity index (χ1n) is 5.00. The highest BCUT2D eigenvalue weighted by Crippen LogP contribution is 2.18. The van der Waals surface area contributed by atoms with Crippen LogP contribution in [0.1, 0.15) is 13.8 Å². The van der Waals surface area contributed by atoms with Gasteiger partial charge in [0.2, 0.25) is 0 Å². The minimum atomic E-state index is -0.201. The number of rotatable bonds is 3. The van der Waals surface area contributed by atoms with Gasteiger partial charge in [-0.2, -0.15) is 0 Å². The van der Waals surface area contributed by atoms with Crippen molar-refractivity contribution in [2.24, 2.45) is 5.92 Å². The van der Waals surface area contributed by atoms with Gasteiger partial charge in [-0.3, -0.25) is 4.79 Å². The molecule has 0 saturated carbocycles. The van der Waals surface area contributed by atoms with Crippen LogP contribution in [0.5, 0.6) is 5.75 Å². The van der Waals surface area contributed by atoms with Crippen LogP contribution in [0.2, 0.25) is 0 Å². The molecule has 0 spiro atoms. The fourth-order valence-electron chi connectivity index (χ4n) is 1.05. The standard InChI is InChI=1S/C12H17NO2/c1-9(2)12(14)15-11-7-5-10(6-8-11)13(3)4/h5-9H,1-4H3. The van der Waals surface area contributed by atoms with Gasteiger partial charge in [-0.15, -0.1) is 0 Å². The van der Waals surface area contributed by atoms with E-state index in [1.165, 1.54) is 0 Å². The average molecular weight is 207 g/mol. The minimum absolute atomic E-state index is 0.0986. The molecular formula is C12H17NO2. The summed E-state index contributed by atoms with van der Waals surface area (Å²) in [5.74, 6) is 0.297. The summed E-state index contributed by atoms with van der Waals surface area (Å²) in [4.78, 5) is 13.3. The third-order valence-electron chi connectivity index (χ3n) is 2.04. The van der Waals surface area contributed by atoms with Crippen molar-refractivity contribution in [2.45, 2.75) is 13.8 Å². The van der Waals surface area contributed by atoms with Crippen LogP contribution in [-0.4, -0.2) is 20.1 Å². The summed E-state index contributed by atoms with van der Waals surface area (Å²) in [5.41, 5.74) is 1.08. The number of hydrogen-bond acceptors (Lipinski definition) is 3. The summed E-state index contributed by atoms with van der Waals surface area (Å²) >= 11 is 0. The summed E-state index contributed by atoms with van der Waals surface area (Å²) in [7, 11) is 3.93. The molecule has 15 heavy (non-hydrogen) atoms. The number of hydrogen-bond donors (Lipinski definition) is 0. The number of carbonyl (C=O) groups is 1. The van der Waals surface area contributed by atoms with Gasteiger partial charge in [0.1, 0.15) is 5.75 Å². The predicted octanol–water partition coefficient (Wildman–Crippen LogP) is 2.31. The van der Waals surface area contributed by atoms with Crippen LogP contribution in [0.4, 0.5) is 5.69 Å². The van der Waals surface area contributed by atoms with Crippen LogP contribution in [0.25, 0.3) is 0 Å². The van der Waals surface area contributed by atoms with Crippen molar-refractivity contribution in [3.8, 4) is 5.75 Å². The van der Waals surface area contributed by atoms with E-state index >= 15 is 0 Å². The monoisotopic (exact) mass is 207 g/mol. The molecule has 0 amide bonds. The lowest BCUT2D eigenvalue weighted by molar-refractivity contribution is -0.137. The third kappa shape index (κ3) is 3.27. The molecule has 0 saturated heterocycles. The fraction of sp³-hybridized carbons (Fsp3) is 0.417. The van der Waals surface area contributed by atoms with E-state index in [0.29, 0.717) is 5.75 Å². The Hall–Kier alpha value is -1.51. The molecule has 0 aliphatic carbocycles. The molecule has 0 fully saturated rings. The Morgan fingerprint density at radius 2 is 1.73 bits per heavy atom. The van der Waals surface area contributed by atoms with E-state index in [9.17, 15) is 4.79 Å². The molecule has 0 N–H and O–H groups in total. The van der Waals surface area contributed by atoms with Gasteiger partial charge in [-0.25, -0.2) is 0 Å². The molecule has 0 aromatic heterocycles. The fourth-order valence-corrected chi connectivity index (χ4v) is 1.05. The maximum Gasteiger partial charge on any atom is 0.313 e. The highest BCUT2D eigenvalue weighted by atomic mass is 16.5. The molecule has 0 atom stereocenters. The highest BCUT2D eigenvalue weighted by molar-refractivity contribution is 5.74. The second-order valence-corrected chi connectivity index (χ2v) is 3.96. The molecule has 82 valence electrons. The summed E-state index contributed by atoms with van der Waals surface area (Å²) in [6, 6.07) is 7.44. The van der Waals surface area contributed by atoms with Crippen molar-refractivity contribution in [2.75, 3.05) is 19.0 Å². The zero-order valence-corrected chi connectivity index (χ0v) is 9.65. The first-order chi connectivity index (χ1) is 7.00. The van der Waals surface area contributed by atoms with Crippen LogP contribution in [0.15, 0.2) is 24.3 Å². The SMILES string of the molecule is CC(C)C(=O)Oc1ccc(N(C)C)cc1. The van der Waals surface area contributed by atoms with E-state index in [1.807, 2.05) is 45.0 Å². The Bertz CT molecular complexity index is 328. The number of esters is 1. The number of anilines is 1. The van der Waals surface area contributed by atoms with E-state index in [0.717, 1.165) is 5.69 Å². The van der Waals surface area contributed by atoms with Gasteiger partial charge in [0.15, 0.2) is 0 Å². The maximum atomic E-state index is 11.3. The van der Waals surface area contributed by atoms with E-state index in [-0.39, 0.29) is 11.9 Å². The number of nitrogens with zero attached hydrogens (tertiary/aromatic N) is 1. The molecule has 0 aliphatic rings. The molecule has 0 unspecified atom stereocenters. The zero-order valence-electron chi connectivity index (χ0n) is 9.65. The molecule has 3 heteroatoms. The highest BCUT2D eigenvalue weighted by Gasteiger charge is 2.09. The van der Waals surface area contributed by atoms with E-state index in [2.05, 4.69) is 0 Å². The number of benzene rings is 1. The number of ether oxygens (including phenoxy) is 1. The topological polar surface area (TPSA) is 29.5 Å². The van der Waals surface area contributed by atoms with Crippen molar-refractivity contribution in [1.82, 2.24) is 0 Å². The normalized spacial score (nSPS) is 10.2. The van der Waals surface area contributed by atoms with Crippen molar-refractivity contribution < 1.29 is 9.53 Å². The predicted molar refractivity (Wildman–Crippen MR) is 61.2 cm³/mol. The molecule has 3 nitrogen and oxygen atoms in total. The van der Waals surface area contributed by atoms with Crippen molar-refractivity contribution in [3.63, 3.8) is 0 Å². The van der Waals surface area contributed by atoms with Crippen molar-refractivity contribution in [1.29, 1.82) is 0 Å². The van der Waals surface area contributed by atoms with Crippen LogP contribution < -0.4 is 9.64 Å². The van der Waals surface area contributed by atoms with Gasteiger partial charge in [-0.1, -0.05) is 13.8 Å². The second kappa shape index (κ2) is 4.82. The first kappa shape index (κ1) is 11.6. The van der Waals surface area contributed by atoms with Gasteiger partial charge in [-0.05, 0) is 24.3 Å². The lowest BCUT2D eigenvalue weighted by Gasteiger charge is -2.13. The third-order valence-corrected chi connectivity index (χ3v) is 2.04. The quantitative estimate of drug-likeness (QED) is 0.562. The van der Waals surface area contributed by atoms with Crippen LogP contribution in [0.3, 0.4) is 0 Å². The molecule has 1 aromatic carbocycles. The molecule has 0 heterocycles. The molecule has 0 aliphatic heterocycles. The smallest absolute Gasteiger partial charge is 0.313 e. The minimum Gasteiger partial charge on any atom is -0.426 e. The van der Waals surface area contributed by atoms with Crippen molar-refractivity contribution in [3.05, 3.63) is 24.3 Å². The lowest BCUT2D eigenvalue weighted by Crippen LogP contribution is -2.15. The lowest BCUT2D eigenvalue weighted by atomic mass is 10.2. The van der Waals surface area contributed by atoms with Crippen LogP contribution in [0, 0.1) is 5.92 Å². The Morgan fingerprint density at radius 1 is 1.20 bits per heavy atom.